The van der Waals surface area contributed by atoms with E-state index in [-0.39, 0.29) is 16.6 Å². The standard InChI is InChI=1S/C23H34O3/c1-15-8-7-9-20-22(15,3)13-12-16(2)23(20,4)14-17-18(25-5)10-11-19(26-6)21(17)24/h10-11,16,20,24H,1,7-9,12-14H2,2-6H3/t16-,20+,22+,23+/m0/s1. The number of hydrogen-bond donors (Lipinski definition) is 1. The molecule has 2 saturated carbocycles. The van der Waals surface area contributed by atoms with Gasteiger partial charge in [0.1, 0.15) is 5.75 Å². The molecule has 0 aromatic heterocycles. The lowest BCUT2D eigenvalue weighted by molar-refractivity contribution is -0.0493. The van der Waals surface area contributed by atoms with Crippen LogP contribution in [0.4, 0.5) is 0 Å². The Balaban J connectivity index is 2.06. The molecule has 0 heterocycles. The fourth-order valence-corrected chi connectivity index (χ4v) is 5.77. The number of ether oxygens (including phenoxy) is 2. The molecule has 0 amide bonds. The van der Waals surface area contributed by atoms with Gasteiger partial charge in [-0.1, -0.05) is 32.9 Å². The van der Waals surface area contributed by atoms with Crippen molar-refractivity contribution in [2.75, 3.05) is 14.2 Å². The third kappa shape index (κ3) is 2.80. The van der Waals surface area contributed by atoms with E-state index in [1.54, 1.807) is 20.3 Å². The minimum Gasteiger partial charge on any atom is -0.504 e. The molecule has 3 heteroatoms. The van der Waals surface area contributed by atoms with Gasteiger partial charge in [0.15, 0.2) is 11.5 Å². The van der Waals surface area contributed by atoms with Crippen LogP contribution in [-0.4, -0.2) is 19.3 Å². The highest BCUT2D eigenvalue weighted by molar-refractivity contribution is 5.53. The molecule has 0 aliphatic heterocycles. The van der Waals surface area contributed by atoms with Crippen molar-refractivity contribution in [3.63, 3.8) is 0 Å². The molecular formula is C23H34O3. The average molecular weight is 359 g/mol. The smallest absolute Gasteiger partial charge is 0.164 e. The third-order valence-corrected chi connectivity index (χ3v) is 7.77. The van der Waals surface area contributed by atoms with Crippen molar-refractivity contribution < 1.29 is 14.6 Å². The first-order valence-corrected chi connectivity index (χ1v) is 9.89. The SMILES string of the molecule is C=C1CCC[C@H]2[C@](C)(Cc3c(OC)ccc(OC)c3O)[C@@H](C)CC[C@]12C. The lowest BCUT2D eigenvalue weighted by Crippen LogP contribution is -2.51. The van der Waals surface area contributed by atoms with Gasteiger partial charge in [-0.25, -0.2) is 0 Å². The van der Waals surface area contributed by atoms with Gasteiger partial charge in [-0.05, 0) is 73.3 Å². The maximum absolute atomic E-state index is 10.8. The molecule has 0 spiro atoms. The van der Waals surface area contributed by atoms with Crippen LogP contribution in [0.25, 0.3) is 0 Å². The van der Waals surface area contributed by atoms with E-state index >= 15 is 0 Å². The van der Waals surface area contributed by atoms with Crippen molar-refractivity contribution in [2.45, 2.75) is 59.3 Å². The number of allylic oxidation sites excluding steroid dienone is 1. The highest BCUT2D eigenvalue weighted by Gasteiger charge is 2.54. The molecule has 0 saturated heterocycles. The molecule has 1 aromatic rings. The van der Waals surface area contributed by atoms with E-state index in [4.69, 9.17) is 9.47 Å². The Labute approximate surface area is 158 Å². The summed E-state index contributed by atoms with van der Waals surface area (Å²) < 4.78 is 11.0. The molecule has 2 aliphatic rings. The summed E-state index contributed by atoms with van der Waals surface area (Å²) in [5, 5.41) is 10.8. The monoisotopic (exact) mass is 358 g/mol. The van der Waals surface area contributed by atoms with Crippen LogP contribution in [0.15, 0.2) is 24.3 Å². The van der Waals surface area contributed by atoms with Gasteiger partial charge in [0.2, 0.25) is 0 Å². The number of fused-ring (bicyclic) bond motifs is 1. The van der Waals surface area contributed by atoms with Crippen LogP contribution in [0.5, 0.6) is 17.2 Å². The average Bonchev–Trinajstić information content (AvgIpc) is 2.62. The summed E-state index contributed by atoms with van der Waals surface area (Å²) >= 11 is 0. The molecule has 3 nitrogen and oxygen atoms in total. The summed E-state index contributed by atoms with van der Waals surface area (Å²) in [6.45, 7) is 11.7. The Kier molecular flexibility index (Phi) is 5.02. The number of phenolic OH excluding ortho intramolecular Hbond substituents is 1. The summed E-state index contributed by atoms with van der Waals surface area (Å²) in [5.74, 6) is 2.65. The minimum absolute atomic E-state index is 0.0908. The fraction of sp³-hybridized carbons (Fsp3) is 0.652. The molecule has 26 heavy (non-hydrogen) atoms. The Morgan fingerprint density at radius 3 is 2.46 bits per heavy atom. The van der Waals surface area contributed by atoms with E-state index in [2.05, 4.69) is 27.4 Å². The number of rotatable bonds is 4. The largest absolute Gasteiger partial charge is 0.504 e. The molecular weight excluding hydrogens is 324 g/mol. The first-order chi connectivity index (χ1) is 12.3. The van der Waals surface area contributed by atoms with Crippen LogP contribution in [0.1, 0.15) is 58.4 Å². The molecule has 4 atom stereocenters. The highest BCUT2D eigenvalue weighted by Crippen LogP contribution is 2.62. The van der Waals surface area contributed by atoms with E-state index in [0.29, 0.717) is 17.6 Å². The zero-order valence-corrected chi connectivity index (χ0v) is 17.0. The van der Waals surface area contributed by atoms with Crippen LogP contribution in [0.2, 0.25) is 0 Å². The Bertz CT molecular complexity index is 695. The number of aromatic hydroxyl groups is 1. The van der Waals surface area contributed by atoms with Gasteiger partial charge in [-0.3, -0.25) is 0 Å². The fourth-order valence-electron chi connectivity index (χ4n) is 5.77. The zero-order valence-electron chi connectivity index (χ0n) is 17.0. The summed E-state index contributed by atoms with van der Waals surface area (Å²) in [7, 11) is 3.27. The maximum atomic E-state index is 10.8. The van der Waals surface area contributed by atoms with Crippen LogP contribution in [0, 0.1) is 22.7 Å². The van der Waals surface area contributed by atoms with Crippen LogP contribution < -0.4 is 9.47 Å². The minimum atomic E-state index is 0.0908. The van der Waals surface area contributed by atoms with E-state index in [9.17, 15) is 5.11 Å². The van der Waals surface area contributed by atoms with Crippen LogP contribution in [-0.2, 0) is 6.42 Å². The zero-order chi connectivity index (χ0) is 19.1. The predicted octanol–water partition coefficient (Wildman–Crippen LogP) is 5.75. The lowest BCUT2D eigenvalue weighted by atomic mass is 9.46. The first kappa shape index (κ1) is 19.1. The third-order valence-electron chi connectivity index (χ3n) is 7.77. The Morgan fingerprint density at radius 1 is 1.15 bits per heavy atom. The molecule has 0 bridgehead atoms. The van der Waals surface area contributed by atoms with Crippen molar-refractivity contribution in [3.8, 4) is 17.2 Å². The van der Waals surface area contributed by atoms with Crippen molar-refractivity contribution in [1.82, 2.24) is 0 Å². The lowest BCUT2D eigenvalue weighted by Gasteiger charge is -2.59. The van der Waals surface area contributed by atoms with Crippen molar-refractivity contribution in [3.05, 3.63) is 29.8 Å². The molecule has 3 rings (SSSR count). The predicted molar refractivity (Wildman–Crippen MR) is 106 cm³/mol. The van der Waals surface area contributed by atoms with Crippen LogP contribution >= 0.6 is 0 Å². The normalized spacial score (nSPS) is 34.3. The van der Waals surface area contributed by atoms with Crippen molar-refractivity contribution >= 4 is 0 Å². The van der Waals surface area contributed by atoms with Gasteiger partial charge >= 0.3 is 0 Å². The van der Waals surface area contributed by atoms with Crippen molar-refractivity contribution in [1.29, 1.82) is 0 Å². The first-order valence-electron chi connectivity index (χ1n) is 9.89. The Hall–Kier alpha value is -1.64. The molecule has 144 valence electrons. The second kappa shape index (κ2) is 6.83. The quantitative estimate of drug-likeness (QED) is 0.696. The Morgan fingerprint density at radius 2 is 1.81 bits per heavy atom. The number of hydrogen-bond acceptors (Lipinski definition) is 3. The highest BCUT2D eigenvalue weighted by atomic mass is 16.5. The summed E-state index contributed by atoms with van der Waals surface area (Å²) in [6.07, 6.45) is 6.86. The second-order valence-corrected chi connectivity index (χ2v) is 8.89. The summed E-state index contributed by atoms with van der Waals surface area (Å²) in [6, 6.07) is 3.68. The van der Waals surface area contributed by atoms with Gasteiger partial charge in [0.25, 0.3) is 0 Å². The summed E-state index contributed by atoms with van der Waals surface area (Å²) in [4.78, 5) is 0. The maximum Gasteiger partial charge on any atom is 0.164 e. The molecule has 0 radical (unpaired) electrons. The van der Waals surface area contributed by atoms with E-state index < -0.39 is 0 Å². The molecule has 2 aliphatic carbocycles. The topological polar surface area (TPSA) is 38.7 Å². The van der Waals surface area contributed by atoms with E-state index in [1.165, 1.54) is 31.3 Å². The number of benzene rings is 1. The molecule has 1 aromatic carbocycles. The summed E-state index contributed by atoms with van der Waals surface area (Å²) in [5.41, 5.74) is 2.60. The molecule has 0 unspecified atom stereocenters. The number of methoxy groups -OCH3 is 2. The van der Waals surface area contributed by atoms with Crippen LogP contribution in [0.3, 0.4) is 0 Å². The molecule has 1 N–H and O–H groups in total. The van der Waals surface area contributed by atoms with E-state index in [1.807, 2.05) is 6.07 Å². The number of phenols is 1. The van der Waals surface area contributed by atoms with E-state index in [0.717, 1.165) is 24.2 Å². The molecule has 2 fully saturated rings. The van der Waals surface area contributed by atoms with Gasteiger partial charge in [-0.15, -0.1) is 0 Å². The van der Waals surface area contributed by atoms with Gasteiger partial charge in [0.05, 0.1) is 14.2 Å². The second-order valence-electron chi connectivity index (χ2n) is 8.89. The van der Waals surface area contributed by atoms with Gasteiger partial charge < -0.3 is 14.6 Å². The van der Waals surface area contributed by atoms with Gasteiger partial charge in [0, 0.05) is 5.56 Å². The van der Waals surface area contributed by atoms with Crippen molar-refractivity contribution in [2.24, 2.45) is 22.7 Å². The van der Waals surface area contributed by atoms with Gasteiger partial charge in [-0.2, -0.15) is 0 Å².